The van der Waals surface area contributed by atoms with Gasteiger partial charge in [0.2, 0.25) is 5.91 Å². The molecule has 132 valence electrons. The molecule has 1 aromatic heterocycles. The zero-order valence-electron chi connectivity index (χ0n) is 14.6. The standard InChI is InChI=1S/C19H24N4OS/c1-15-7-5-6-10-17(15)23-14-21-22-19(23)25-13-18(24)20-12-11-16-8-3-2-4-9-16/h5-8,10,14H,2-4,9,11-13H2,1H3,(H,20,24). The highest BCUT2D eigenvalue weighted by Gasteiger charge is 2.11. The molecule has 1 aliphatic carbocycles. The van der Waals surface area contributed by atoms with Crippen molar-refractivity contribution in [1.82, 2.24) is 20.1 Å². The number of hydrogen-bond acceptors (Lipinski definition) is 4. The third-order valence-corrected chi connectivity index (χ3v) is 5.32. The van der Waals surface area contributed by atoms with Crippen LogP contribution in [0.3, 0.4) is 0 Å². The molecule has 0 unspecified atom stereocenters. The number of hydrogen-bond donors (Lipinski definition) is 1. The molecule has 0 fully saturated rings. The van der Waals surface area contributed by atoms with Crippen molar-refractivity contribution in [3.8, 4) is 5.69 Å². The molecule has 1 amide bonds. The summed E-state index contributed by atoms with van der Waals surface area (Å²) in [6.45, 7) is 2.77. The molecule has 25 heavy (non-hydrogen) atoms. The smallest absolute Gasteiger partial charge is 0.230 e. The number of rotatable bonds is 7. The summed E-state index contributed by atoms with van der Waals surface area (Å²) in [5, 5.41) is 11.9. The third-order valence-electron chi connectivity index (χ3n) is 4.38. The molecular weight excluding hydrogens is 332 g/mol. The second kappa shape index (κ2) is 8.85. The number of carbonyl (C=O) groups excluding carboxylic acids is 1. The van der Waals surface area contributed by atoms with Crippen molar-refractivity contribution >= 4 is 17.7 Å². The maximum Gasteiger partial charge on any atom is 0.230 e. The van der Waals surface area contributed by atoms with E-state index in [1.807, 2.05) is 22.8 Å². The van der Waals surface area contributed by atoms with Crippen LogP contribution >= 0.6 is 11.8 Å². The number of para-hydroxylation sites is 1. The van der Waals surface area contributed by atoms with Gasteiger partial charge in [0.05, 0.1) is 11.4 Å². The Bertz CT molecular complexity index is 753. The fourth-order valence-corrected chi connectivity index (χ4v) is 3.75. The zero-order chi connectivity index (χ0) is 17.5. The van der Waals surface area contributed by atoms with Gasteiger partial charge in [-0.1, -0.05) is 41.6 Å². The molecule has 0 spiro atoms. The Morgan fingerprint density at radius 1 is 1.32 bits per heavy atom. The van der Waals surface area contributed by atoms with Crippen molar-refractivity contribution in [2.45, 2.75) is 44.2 Å². The Morgan fingerprint density at radius 3 is 3.00 bits per heavy atom. The van der Waals surface area contributed by atoms with Crippen LogP contribution in [-0.2, 0) is 4.79 Å². The minimum atomic E-state index is 0.0424. The van der Waals surface area contributed by atoms with Gasteiger partial charge >= 0.3 is 0 Å². The van der Waals surface area contributed by atoms with E-state index in [4.69, 9.17) is 0 Å². The Kier molecular flexibility index (Phi) is 6.28. The molecule has 0 saturated carbocycles. The van der Waals surface area contributed by atoms with Crippen LogP contribution in [0.25, 0.3) is 5.69 Å². The van der Waals surface area contributed by atoms with Crippen molar-refractivity contribution in [3.63, 3.8) is 0 Å². The predicted octanol–water partition coefficient (Wildman–Crippen LogP) is 3.67. The summed E-state index contributed by atoms with van der Waals surface area (Å²) in [6, 6.07) is 8.08. The summed E-state index contributed by atoms with van der Waals surface area (Å²) < 4.78 is 1.93. The van der Waals surface area contributed by atoms with Gasteiger partial charge in [0.25, 0.3) is 0 Å². The fourth-order valence-electron chi connectivity index (χ4n) is 3.00. The van der Waals surface area contributed by atoms with Crippen molar-refractivity contribution in [1.29, 1.82) is 0 Å². The van der Waals surface area contributed by atoms with Crippen molar-refractivity contribution in [2.24, 2.45) is 0 Å². The average Bonchev–Trinajstić information content (AvgIpc) is 3.10. The quantitative estimate of drug-likeness (QED) is 0.607. The van der Waals surface area contributed by atoms with Gasteiger partial charge < -0.3 is 5.32 Å². The van der Waals surface area contributed by atoms with Gasteiger partial charge in [-0.15, -0.1) is 10.2 Å². The van der Waals surface area contributed by atoms with Gasteiger partial charge in [0.1, 0.15) is 6.33 Å². The first-order valence-electron chi connectivity index (χ1n) is 8.77. The SMILES string of the molecule is Cc1ccccc1-n1cnnc1SCC(=O)NCCC1=CCCCC1. The molecule has 0 saturated heterocycles. The number of thioether (sulfide) groups is 1. The summed E-state index contributed by atoms with van der Waals surface area (Å²) in [4.78, 5) is 12.1. The molecule has 2 aromatic rings. The summed E-state index contributed by atoms with van der Waals surface area (Å²) in [5.74, 6) is 0.393. The average molecular weight is 356 g/mol. The molecule has 0 aliphatic heterocycles. The zero-order valence-corrected chi connectivity index (χ0v) is 15.4. The maximum absolute atomic E-state index is 12.1. The van der Waals surface area contributed by atoms with Gasteiger partial charge in [-0.2, -0.15) is 0 Å². The molecule has 0 radical (unpaired) electrons. The summed E-state index contributed by atoms with van der Waals surface area (Å²) in [7, 11) is 0. The second-order valence-corrected chi connectivity index (χ2v) is 7.21. The number of benzene rings is 1. The molecule has 1 aromatic carbocycles. The number of nitrogens with one attached hydrogen (secondary N) is 1. The molecule has 1 N–H and O–H groups in total. The molecule has 3 rings (SSSR count). The Morgan fingerprint density at radius 2 is 2.20 bits per heavy atom. The van der Waals surface area contributed by atoms with Crippen LogP contribution in [0, 0.1) is 6.92 Å². The van der Waals surface area contributed by atoms with Crippen LogP contribution in [-0.4, -0.2) is 33.0 Å². The van der Waals surface area contributed by atoms with E-state index in [0.717, 1.165) is 29.4 Å². The topological polar surface area (TPSA) is 59.8 Å². The van der Waals surface area contributed by atoms with E-state index >= 15 is 0 Å². The van der Waals surface area contributed by atoms with Gasteiger partial charge in [0.15, 0.2) is 5.16 Å². The van der Waals surface area contributed by atoms with Crippen LogP contribution in [0.1, 0.15) is 37.7 Å². The minimum absolute atomic E-state index is 0.0424. The molecule has 1 heterocycles. The van der Waals surface area contributed by atoms with Crippen LogP contribution in [0.4, 0.5) is 0 Å². The summed E-state index contributed by atoms with van der Waals surface area (Å²) in [5.41, 5.74) is 3.67. The van der Waals surface area contributed by atoms with Gasteiger partial charge in [-0.05, 0) is 50.7 Å². The van der Waals surface area contributed by atoms with Crippen LogP contribution in [0.2, 0.25) is 0 Å². The van der Waals surface area contributed by atoms with E-state index in [-0.39, 0.29) is 5.91 Å². The molecule has 6 heteroatoms. The van der Waals surface area contributed by atoms with Crippen molar-refractivity contribution < 1.29 is 4.79 Å². The highest BCUT2D eigenvalue weighted by Crippen LogP contribution is 2.22. The lowest BCUT2D eigenvalue weighted by atomic mass is 9.97. The van der Waals surface area contributed by atoms with Crippen LogP contribution < -0.4 is 5.32 Å². The fraction of sp³-hybridized carbons (Fsp3) is 0.421. The molecule has 0 atom stereocenters. The van der Waals surface area contributed by atoms with E-state index in [0.29, 0.717) is 5.75 Å². The molecule has 1 aliphatic rings. The largest absolute Gasteiger partial charge is 0.355 e. The van der Waals surface area contributed by atoms with Gasteiger partial charge in [0, 0.05) is 6.54 Å². The normalized spacial score (nSPS) is 14.2. The molecule has 0 bridgehead atoms. The van der Waals surface area contributed by atoms with Gasteiger partial charge in [-0.3, -0.25) is 9.36 Å². The number of amides is 1. The van der Waals surface area contributed by atoms with E-state index in [2.05, 4.69) is 34.6 Å². The predicted molar refractivity (Wildman–Crippen MR) is 101 cm³/mol. The van der Waals surface area contributed by atoms with Crippen LogP contribution in [0.5, 0.6) is 0 Å². The maximum atomic E-state index is 12.1. The molecule has 5 nitrogen and oxygen atoms in total. The Balaban J connectivity index is 1.49. The number of nitrogens with zero attached hydrogens (tertiary/aromatic N) is 3. The Hall–Kier alpha value is -2.08. The third kappa shape index (κ3) is 4.95. The lowest BCUT2D eigenvalue weighted by Crippen LogP contribution is -2.26. The van der Waals surface area contributed by atoms with E-state index in [1.54, 1.807) is 6.33 Å². The highest BCUT2D eigenvalue weighted by atomic mass is 32.2. The summed E-state index contributed by atoms with van der Waals surface area (Å²) in [6.07, 6.45) is 9.94. The lowest BCUT2D eigenvalue weighted by molar-refractivity contribution is -0.118. The number of aromatic nitrogens is 3. The second-order valence-electron chi connectivity index (χ2n) is 6.27. The van der Waals surface area contributed by atoms with Gasteiger partial charge in [-0.25, -0.2) is 0 Å². The minimum Gasteiger partial charge on any atom is -0.355 e. The first-order valence-corrected chi connectivity index (χ1v) is 9.76. The van der Waals surface area contributed by atoms with Crippen LogP contribution in [0.15, 0.2) is 47.4 Å². The number of aryl methyl sites for hydroxylation is 1. The first kappa shape index (κ1) is 17.7. The summed E-state index contributed by atoms with van der Waals surface area (Å²) >= 11 is 1.41. The van der Waals surface area contributed by atoms with Crippen molar-refractivity contribution in [2.75, 3.05) is 12.3 Å². The monoisotopic (exact) mass is 356 g/mol. The van der Waals surface area contributed by atoms with E-state index < -0.39 is 0 Å². The highest BCUT2D eigenvalue weighted by molar-refractivity contribution is 7.99. The first-order chi connectivity index (χ1) is 12.2. The number of carbonyl (C=O) groups is 1. The van der Waals surface area contributed by atoms with Crippen molar-refractivity contribution in [3.05, 3.63) is 47.8 Å². The van der Waals surface area contributed by atoms with E-state index in [1.165, 1.54) is 43.0 Å². The lowest BCUT2D eigenvalue weighted by Gasteiger charge is -2.13. The van der Waals surface area contributed by atoms with E-state index in [9.17, 15) is 4.79 Å². The molecular formula is C19H24N4OS. The Labute approximate surface area is 152 Å². The number of allylic oxidation sites excluding steroid dienone is 1.